The number of rotatable bonds is 5. The summed E-state index contributed by atoms with van der Waals surface area (Å²) in [7, 11) is -4.47. The van der Waals surface area contributed by atoms with Crippen molar-refractivity contribution in [3.8, 4) is 0 Å². The maximum absolute atomic E-state index is 12.0. The first-order valence-corrected chi connectivity index (χ1v) is 8.84. The van der Waals surface area contributed by atoms with Crippen molar-refractivity contribution in [3.63, 3.8) is 0 Å². The second kappa shape index (κ2) is 5.74. The Labute approximate surface area is 118 Å². The van der Waals surface area contributed by atoms with Crippen molar-refractivity contribution in [2.45, 2.75) is 22.1 Å². The summed E-state index contributed by atoms with van der Waals surface area (Å²) in [5.74, 6) is -0.0538. The molecule has 6 nitrogen and oxygen atoms in total. The standard InChI is InChI=1S/C10H15ClN2O4S2/c1-8(6-11)18(14,15)10-5-4-9(7-12-10)19(16,17)13(2)3/h4-5,7-8H,6H2,1-3H3. The van der Waals surface area contributed by atoms with Crippen LogP contribution < -0.4 is 0 Å². The average Bonchev–Trinajstić information content (AvgIpc) is 2.37. The number of aromatic nitrogens is 1. The van der Waals surface area contributed by atoms with E-state index >= 15 is 0 Å². The summed E-state index contributed by atoms with van der Waals surface area (Å²) < 4.78 is 48.5. The van der Waals surface area contributed by atoms with Crippen LogP contribution in [-0.4, -0.2) is 51.4 Å². The van der Waals surface area contributed by atoms with Crippen LogP contribution >= 0.6 is 11.6 Å². The molecule has 1 atom stereocenters. The molecule has 9 heteroatoms. The molecule has 108 valence electrons. The lowest BCUT2D eigenvalue weighted by atomic mass is 10.5. The van der Waals surface area contributed by atoms with E-state index in [1.807, 2.05) is 0 Å². The van der Waals surface area contributed by atoms with Crippen LogP contribution in [0.5, 0.6) is 0 Å². The zero-order valence-corrected chi connectivity index (χ0v) is 13.1. The molecule has 1 rings (SSSR count). The molecule has 1 unspecified atom stereocenters. The van der Waals surface area contributed by atoms with Crippen molar-refractivity contribution >= 4 is 31.5 Å². The normalized spacial score (nSPS) is 14.6. The van der Waals surface area contributed by atoms with Gasteiger partial charge in [0.15, 0.2) is 14.9 Å². The zero-order valence-electron chi connectivity index (χ0n) is 10.7. The minimum Gasteiger partial charge on any atom is -0.243 e. The quantitative estimate of drug-likeness (QED) is 0.745. The van der Waals surface area contributed by atoms with Gasteiger partial charge in [-0.3, -0.25) is 0 Å². The van der Waals surface area contributed by atoms with Crippen molar-refractivity contribution in [1.29, 1.82) is 0 Å². The summed E-state index contributed by atoms with van der Waals surface area (Å²) in [4.78, 5) is 3.66. The number of alkyl halides is 1. The van der Waals surface area contributed by atoms with E-state index in [1.165, 1.54) is 33.2 Å². The first-order chi connectivity index (χ1) is 8.64. The van der Waals surface area contributed by atoms with Crippen molar-refractivity contribution in [2.75, 3.05) is 20.0 Å². The first kappa shape index (κ1) is 16.4. The summed E-state index contributed by atoms with van der Waals surface area (Å²) in [5, 5.41) is -0.962. The molecule has 0 spiro atoms. The number of sulfone groups is 1. The van der Waals surface area contributed by atoms with Crippen LogP contribution in [-0.2, 0) is 19.9 Å². The molecule has 0 amide bonds. The van der Waals surface area contributed by atoms with Crippen molar-refractivity contribution in [3.05, 3.63) is 18.3 Å². The molecule has 0 aromatic carbocycles. The molecule has 0 aliphatic heterocycles. The van der Waals surface area contributed by atoms with E-state index < -0.39 is 25.1 Å². The molecule has 1 aromatic heterocycles. The van der Waals surface area contributed by atoms with Crippen LogP contribution in [0.15, 0.2) is 28.3 Å². The van der Waals surface area contributed by atoms with E-state index in [2.05, 4.69) is 4.98 Å². The van der Waals surface area contributed by atoms with Crippen molar-refractivity contribution < 1.29 is 16.8 Å². The summed E-state index contributed by atoms with van der Waals surface area (Å²) in [5.41, 5.74) is 0. The van der Waals surface area contributed by atoms with E-state index in [9.17, 15) is 16.8 Å². The molecule has 19 heavy (non-hydrogen) atoms. The number of halogens is 1. The topological polar surface area (TPSA) is 84.4 Å². The Hall–Kier alpha value is -0.700. The van der Waals surface area contributed by atoms with Gasteiger partial charge in [-0.1, -0.05) is 0 Å². The third-order valence-electron chi connectivity index (χ3n) is 2.53. The van der Waals surface area contributed by atoms with Crippen LogP contribution in [0.25, 0.3) is 0 Å². The van der Waals surface area contributed by atoms with Crippen LogP contribution in [0.3, 0.4) is 0 Å². The molecule has 0 aliphatic rings. The van der Waals surface area contributed by atoms with Gasteiger partial charge in [-0.05, 0) is 19.1 Å². The Morgan fingerprint density at radius 3 is 2.21 bits per heavy atom. The highest BCUT2D eigenvalue weighted by molar-refractivity contribution is 7.92. The maximum Gasteiger partial charge on any atom is 0.244 e. The molecule has 1 heterocycles. The minimum atomic E-state index is -3.62. The van der Waals surface area contributed by atoms with Gasteiger partial charge in [-0.15, -0.1) is 11.6 Å². The van der Waals surface area contributed by atoms with E-state index in [4.69, 9.17) is 11.6 Å². The third-order valence-corrected chi connectivity index (χ3v) is 7.02. The van der Waals surface area contributed by atoms with Gasteiger partial charge in [0.05, 0.1) is 5.25 Å². The second-order valence-electron chi connectivity index (χ2n) is 4.13. The van der Waals surface area contributed by atoms with Crippen molar-refractivity contribution in [1.82, 2.24) is 9.29 Å². The number of pyridine rings is 1. The highest BCUT2D eigenvalue weighted by Crippen LogP contribution is 2.18. The number of nitrogens with zero attached hydrogens (tertiary/aromatic N) is 2. The van der Waals surface area contributed by atoms with E-state index in [-0.39, 0.29) is 15.8 Å². The summed E-state index contributed by atoms with van der Waals surface area (Å²) in [6.07, 6.45) is 1.03. The van der Waals surface area contributed by atoms with Gasteiger partial charge in [-0.2, -0.15) is 0 Å². The minimum absolute atomic E-state index is 0.0538. The maximum atomic E-state index is 12.0. The van der Waals surface area contributed by atoms with E-state index in [0.717, 1.165) is 10.5 Å². The zero-order chi connectivity index (χ0) is 14.8. The highest BCUT2D eigenvalue weighted by Gasteiger charge is 2.25. The molecule has 0 saturated heterocycles. The number of sulfonamides is 1. The van der Waals surface area contributed by atoms with Crippen LogP contribution in [0.4, 0.5) is 0 Å². The molecule has 0 N–H and O–H groups in total. The van der Waals surface area contributed by atoms with Gasteiger partial charge in [0, 0.05) is 26.2 Å². The van der Waals surface area contributed by atoms with E-state index in [0.29, 0.717) is 0 Å². The Kier molecular flexibility index (Phi) is 4.94. The van der Waals surface area contributed by atoms with Gasteiger partial charge in [0.1, 0.15) is 4.90 Å². The number of hydrogen-bond donors (Lipinski definition) is 0. The molecule has 0 radical (unpaired) electrons. The fraction of sp³-hybridized carbons (Fsp3) is 0.500. The molecule has 0 bridgehead atoms. The van der Waals surface area contributed by atoms with Crippen LogP contribution in [0, 0.1) is 0 Å². The predicted octanol–water partition coefficient (Wildman–Crippen LogP) is 0.733. The second-order valence-corrected chi connectivity index (χ2v) is 8.90. The molecule has 1 aromatic rings. The fourth-order valence-electron chi connectivity index (χ4n) is 1.19. The third kappa shape index (κ3) is 3.25. The molecular weight excluding hydrogens is 312 g/mol. The summed E-state index contributed by atoms with van der Waals surface area (Å²) >= 11 is 5.52. The van der Waals surface area contributed by atoms with Gasteiger partial charge < -0.3 is 0 Å². The van der Waals surface area contributed by atoms with Crippen LogP contribution in [0.2, 0.25) is 0 Å². The molecular formula is C10H15ClN2O4S2. The predicted molar refractivity (Wildman–Crippen MR) is 72.5 cm³/mol. The fourth-order valence-corrected chi connectivity index (χ4v) is 3.57. The molecule has 0 saturated carbocycles. The Bertz CT molecular complexity index is 639. The largest absolute Gasteiger partial charge is 0.244 e. The van der Waals surface area contributed by atoms with E-state index in [1.54, 1.807) is 0 Å². The average molecular weight is 327 g/mol. The highest BCUT2D eigenvalue weighted by atomic mass is 35.5. The Balaban J connectivity index is 3.22. The first-order valence-electron chi connectivity index (χ1n) is 5.32. The SMILES string of the molecule is CC(CCl)S(=O)(=O)c1ccc(S(=O)(=O)N(C)C)cn1. The summed E-state index contributed by atoms with van der Waals surface area (Å²) in [6, 6.07) is 2.39. The lowest BCUT2D eigenvalue weighted by Crippen LogP contribution is -2.23. The van der Waals surface area contributed by atoms with Crippen LogP contribution in [0.1, 0.15) is 6.92 Å². The Morgan fingerprint density at radius 2 is 1.84 bits per heavy atom. The van der Waals surface area contributed by atoms with Gasteiger partial charge >= 0.3 is 0 Å². The van der Waals surface area contributed by atoms with Crippen molar-refractivity contribution in [2.24, 2.45) is 0 Å². The number of hydrogen-bond acceptors (Lipinski definition) is 5. The van der Waals surface area contributed by atoms with Gasteiger partial charge in [0.25, 0.3) is 0 Å². The molecule has 0 fully saturated rings. The Morgan fingerprint density at radius 1 is 1.26 bits per heavy atom. The lowest BCUT2D eigenvalue weighted by molar-refractivity contribution is 0.520. The van der Waals surface area contributed by atoms with Gasteiger partial charge in [0.2, 0.25) is 10.0 Å². The monoisotopic (exact) mass is 326 g/mol. The smallest absolute Gasteiger partial charge is 0.243 e. The van der Waals surface area contributed by atoms with Gasteiger partial charge in [-0.25, -0.2) is 26.1 Å². The molecule has 0 aliphatic carbocycles. The summed E-state index contributed by atoms with van der Waals surface area (Å²) in [6.45, 7) is 1.47. The lowest BCUT2D eigenvalue weighted by Gasteiger charge is -2.12.